The molecule has 3 N–H and O–H groups in total. The van der Waals surface area contributed by atoms with E-state index in [2.05, 4.69) is 21.4 Å². The summed E-state index contributed by atoms with van der Waals surface area (Å²) >= 11 is 0. The first-order chi connectivity index (χ1) is 13.0. The summed E-state index contributed by atoms with van der Waals surface area (Å²) in [4.78, 5) is 8.75. The van der Waals surface area contributed by atoms with E-state index in [-0.39, 0.29) is 0 Å². The van der Waals surface area contributed by atoms with Gasteiger partial charge in [-0.25, -0.2) is 9.97 Å². The second-order valence-electron chi connectivity index (χ2n) is 6.17. The highest BCUT2D eigenvalue weighted by Gasteiger charge is 2.14. The van der Waals surface area contributed by atoms with Crippen LogP contribution in [0.5, 0.6) is 17.2 Å². The molecule has 0 aliphatic carbocycles. The van der Waals surface area contributed by atoms with Gasteiger partial charge < -0.3 is 25.3 Å². The lowest BCUT2D eigenvalue weighted by Gasteiger charge is -2.16. The Labute approximate surface area is 158 Å². The summed E-state index contributed by atoms with van der Waals surface area (Å²) in [5.41, 5.74) is 10.0. The molecule has 0 aliphatic heterocycles. The van der Waals surface area contributed by atoms with Crippen molar-refractivity contribution in [2.75, 3.05) is 32.4 Å². The van der Waals surface area contributed by atoms with E-state index in [1.54, 1.807) is 21.3 Å². The molecule has 7 nitrogen and oxygen atoms in total. The number of hydrogen-bond donors (Lipinski definition) is 2. The van der Waals surface area contributed by atoms with E-state index in [4.69, 9.17) is 19.9 Å². The third-order valence-electron chi connectivity index (χ3n) is 4.52. The largest absolute Gasteiger partial charge is 0.493 e. The van der Waals surface area contributed by atoms with E-state index in [9.17, 15) is 0 Å². The normalized spacial score (nSPS) is 10.7. The molecule has 1 heterocycles. The lowest BCUT2D eigenvalue weighted by Crippen LogP contribution is -2.05. The summed E-state index contributed by atoms with van der Waals surface area (Å²) < 4.78 is 16.2. The van der Waals surface area contributed by atoms with E-state index >= 15 is 0 Å². The van der Waals surface area contributed by atoms with Crippen LogP contribution in [0, 0.1) is 13.8 Å². The van der Waals surface area contributed by atoms with E-state index < -0.39 is 0 Å². The van der Waals surface area contributed by atoms with Crippen LogP contribution < -0.4 is 25.3 Å². The van der Waals surface area contributed by atoms with Crippen molar-refractivity contribution in [3.8, 4) is 17.2 Å². The third-order valence-corrected chi connectivity index (χ3v) is 4.52. The Morgan fingerprint density at radius 3 is 2.22 bits per heavy atom. The van der Waals surface area contributed by atoms with Crippen molar-refractivity contribution in [2.24, 2.45) is 0 Å². The Morgan fingerprint density at radius 1 is 0.963 bits per heavy atom. The maximum Gasteiger partial charge on any atom is 0.203 e. The molecule has 0 saturated carbocycles. The molecular formula is C20H24N4O3. The molecule has 3 aromatic rings. The van der Waals surface area contributed by atoms with Crippen molar-refractivity contribution in [1.29, 1.82) is 0 Å². The number of rotatable bonds is 6. The highest BCUT2D eigenvalue weighted by molar-refractivity contribution is 5.92. The number of methoxy groups -OCH3 is 3. The number of aromatic nitrogens is 2. The Kier molecular flexibility index (Phi) is 5.21. The quantitative estimate of drug-likeness (QED) is 0.688. The molecule has 0 radical (unpaired) electrons. The van der Waals surface area contributed by atoms with Gasteiger partial charge in [0.05, 0.1) is 26.8 Å². The lowest BCUT2D eigenvalue weighted by molar-refractivity contribution is 0.324. The Morgan fingerprint density at radius 2 is 1.63 bits per heavy atom. The average molecular weight is 368 g/mol. The fourth-order valence-electron chi connectivity index (χ4n) is 3.16. The van der Waals surface area contributed by atoms with Gasteiger partial charge in [-0.2, -0.15) is 0 Å². The average Bonchev–Trinajstić information content (AvgIpc) is 2.65. The van der Waals surface area contributed by atoms with Gasteiger partial charge in [0.25, 0.3) is 0 Å². The fourth-order valence-corrected chi connectivity index (χ4v) is 3.16. The van der Waals surface area contributed by atoms with Gasteiger partial charge in [0.1, 0.15) is 11.6 Å². The second kappa shape index (κ2) is 7.57. The maximum absolute atomic E-state index is 6.12. The highest BCUT2D eigenvalue weighted by atomic mass is 16.5. The zero-order chi connectivity index (χ0) is 19.6. The molecule has 0 atom stereocenters. The van der Waals surface area contributed by atoms with Gasteiger partial charge in [0.2, 0.25) is 5.75 Å². The standard InChI is InChI=1S/C20H24N4O3/c1-11-13(6-7-15-18(11)20(21)24-12(2)23-15)10-22-14-8-16(25-3)19(27-5)17(9-14)26-4/h6-9,22H,10H2,1-5H3,(H2,21,23,24). The SMILES string of the molecule is COc1cc(NCc2ccc3nc(C)nc(N)c3c2C)cc(OC)c1OC. The van der Waals surface area contributed by atoms with Crippen LogP contribution in [0.3, 0.4) is 0 Å². The number of ether oxygens (including phenoxy) is 3. The summed E-state index contributed by atoms with van der Waals surface area (Å²) in [5, 5.41) is 4.29. The van der Waals surface area contributed by atoms with E-state index in [0.717, 1.165) is 27.7 Å². The van der Waals surface area contributed by atoms with Crippen LogP contribution >= 0.6 is 0 Å². The number of hydrogen-bond acceptors (Lipinski definition) is 7. The van der Waals surface area contributed by atoms with Crippen LogP contribution in [0.1, 0.15) is 17.0 Å². The van der Waals surface area contributed by atoms with Crippen molar-refractivity contribution >= 4 is 22.4 Å². The molecule has 27 heavy (non-hydrogen) atoms. The van der Waals surface area contributed by atoms with Crippen molar-refractivity contribution in [2.45, 2.75) is 20.4 Å². The topological polar surface area (TPSA) is 91.5 Å². The number of nitrogen functional groups attached to an aromatic ring is 1. The van der Waals surface area contributed by atoms with Gasteiger partial charge in [-0.15, -0.1) is 0 Å². The van der Waals surface area contributed by atoms with Crippen LogP contribution in [0.2, 0.25) is 0 Å². The number of fused-ring (bicyclic) bond motifs is 1. The van der Waals surface area contributed by atoms with Crippen LogP contribution in [0.25, 0.3) is 10.9 Å². The van der Waals surface area contributed by atoms with Crippen molar-refractivity contribution in [3.05, 3.63) is 41.2 Å². The minimum atomic E-state index is 0.504. The van der Waals surface area contributed by atoms with Crippen molar-refractivity contribution in [3.63, 3.8) is 0 Å². The van der Waals surface area contributed by atoms with Crippen molar-refractivity contribution < 1.29 is 14.2 Å². The van der Waals surface area contributed by atoms with Crippen LogP contribution in [-0.2, 0) is 6.54 Å². The molecule has 2 aromatic carbocycles. The molecule has 0 aliphatic rings. The number of nitrogens with one attached hydrogen (secondary N) is 1. The number of benzene rings is 2. The minimum Gasteiger partial charge on any atom is -0.493 e. The second-order valence-corrected chi connectivity index (χ2v) is 6.17. The zero-order valence-electron chi connectivity index (χ0n) is 16.2. The Hall–Kier alpha value is -3.22. The molecule has 0 saturated heterocycles. The first-order valence-corrected chi connectivity index (χ1v) is 8.54. The summed E-state index contributed by atoms with van der Waals surface area (Å²) in [5.74, 6) is 2.94. The highest BCUT2D eigenvalue weighted by Crippen LogP contribution is 2.40. The Bertz CT molecular complexity index is 964. The summed E-state index contributed by atoms with van der Waals surface area (Å²) in [6, 6.07) is 7.77. The van der Waals surface area contributed by atoms with Gasteiger partial charge in [-0.3, -0.25) is 0 Å². The number of nitrogens with two attached hydrogens (primary N) is 1. The van der Waals surface area contributed by atoms with E-state index in [1.165, 1.54) is 0 Å². The third kappa shape index (κ3) is 3.53. The summed E-state index contributed by atoms with van der Waals surface area (Å²) in [7, 11) is 4.78. The van der Waals surface area contributed by atoms with E-state index in [1.807, 2.05) is 32.0 Å². The van der Waals surface area contributed by atoms with Crippen LogP contribution in [-0.4, -0.2) is 31.3 Å². The van der Waals surface area contributed by atoms with Gasteiger partial charge in [0.15, 0.2) is 11.5 Å². The maximum atomic E-state index is 6.12. The number of aryl methyl sites for hydroxylation is 2. The zero-order valence-corrected chi connectivity index (χ0v) is 16.2. The Balaban J connectivity index is 1.92. The molecule has 3 rings (SSSR count). The van der Waals surface area contributed by atoms with Crippen LogP contribution in [0.4, 0.5) is 11.5 Å². The lowest BCUT2D eigenvalue weighted by atomic mass is 10.0. The molecule has 142 valence electrons. The van der Waals surface area contributed by atoms with Crippen molar-refractivity contribution in [1.82, 2.24) is 9.97 Å². The molecular weight excluding hydrogens is 344 g/mol. The molecule has 0 amide bonds. The van der Waals surface area contributed by atoms with E-state index in [0.29, 0.717) is 35.4 Å². The van der Waals surface area contributed by atoms with Crippen LogP contribution in [0.15, 0.2) is 24.3 Å². The first kappa shape index (κ1) is 18.6. The van der Waals surface area contributed by atoms with Gasteiger partial charge >= 0.3 is 0 Å². The monoisotopic (exact) mass is 368 g/mol. The molecule has 0 bridgehead atoms. The minimum absolute atomic E-state index is 0.504. The number of nitrogens with zero attached hydrogens (tertiary/aromatic N) is 2. The first-order valence-electron chi connectivity index (χ1n) is 8.54. The number of anilines is 2. The summed E-state index contributed by atoms with van der Waals surface area (Å²) in [6.45, 7) is 4.47. The predicted octanol–water partition coefficient (Wildman–Crippen LogP) is 3.47. The molecule has 1 aromatic heterocycles. The molecule has 0 unspecified atom stereocenters. The smallest absolute Gasteiger partial charge is 0.203 e. The predicted molar refractivity (Wildman–Crippen MR) is 107 cm³/mol. The molecule has 0 fully saturated rings. The molecule has 0 spiro atoms. The van der Waals surface area contributed by atoms with Gasteiger partial charge in [-0.1, -0.05) is 6.07 Å². The van der Waals surface area contributed by atoms with Gasteiger partial charge in [-0.05, 0) is 31.0 Å². The fraction of sp³-hybridized carbons (Fsp3) is 0.300. The molecule has 7 heteroatoms. The van der Waals surface area contributed by atoms with Gasteiger partial charge in [0, 0.05) is 29.8 Å². The summed E-state index contributed by atoms with van der Waals surface area (Å²) in [6.07, 6.45) is 0.